The van der Waals surface area contributed by atoms with Crippen LogP contribution in [0.5, 0.6) is 0 Å². The van der Waals surface area contributed by atoms with Gasteiger partial charge in [0.2, 0.25) is 0 Å². The third-order valence-corrected chi connectivity index (χ3v) is 4.67. The Balaban J connectivity index is 1.68. The fraction of sp³-hybridized carbons (Fsp3) is 0.923. The van der Waals surface area contributed by atoms with Gasteiger partial charge in [-0.15, -0.1) is 0 Å². The van der Waals surface area contributed by atoms with E-state index in [2.05, 4.69) is 4.90 Å². The van der Waals surface area contributed by atoms with Crippen LogP contribution in [0, 0.1) is 0 Å². The maximum atomic E-state index is 11.6. The van der Waals surface area contributed by atoms with Crippen molar-refractivity contribution in [3.63, 3.8) is 0 Å². The molecule has 2 heterocycles. The summed E-state index contributed by atoms with van der Waals surface area (Å²) in [6.45, 7) is 0. The van der Waals surface area contributed by atoms with Crippen molar-refractivity contribution in [3.05, 3.63) is 0 Å². The van der Waals surface area contributed by atoms with Gasteiger partial charge >= 0.3 is 0 Å². The molecule has 0 amide bonds. The molecular formula is C13H21NO2. The van der Waals surface area contributed by atoms with E-state index in [0.717, 1.165) is 12.8 Å². The molecule has 0 aromatic rings. The summed E-state index contributed by atoms with van der Waals surface area (Å²) in [6.07, 6.45) is 8.24. The summed E-state index contributed by atoms with van der Waals surface area (Å²) in [7, 11) is 1.81. The third kappa shape index (κ3) is 1.70. The van der Waals surface area contributed by atoms with Crippen LogP contribution in [0.3, 0.4) is 0 Å². The zero-order valence-electron chi connectivity index (χ0n) is 10.0. The van der Waals surface area contributed by atoms with Crippen LogP contribution in [0.25, 0.3) is 0 Å². The predicted molar refractivity (Wildman–Crippen MR) is 61.3 cm³/mol. The van der Waals surface area contributed by atoms with Crippen LogP contribution in [-0.2, 0) is 9.53 Å². The van der Waals surface area contributed by atoms with Gasteiger partial charge in [-0.25, -0.2) is 0 Å². The van der Waals surface area contributed by atoms with E-state index in [9.17, 15) is 4.79 Å². The molecule has 3 rings (SSSR count). The van der Waals surface area contributed by atoms with Crippen LogP contribution < -0.4 is 0 Å². The Hall–Kier alpha value is -0.410. The number of ether oxygens (including phenoxy) is 1. The lowest BCUT2D eigenvalue weighted by Crippen LogP contribution is -2.60. The quantitative estimate of drug-likeness (QED) is 0.714. The maximum absolute atomic E-state index is 11.6. The molecule has 2 bridgehead atoms. The van der Waals surface area contributed by atoms with E-state index >= 15 is 0 Å². The van der Waals surface area contributed by atoms with Crippen molar-refractivity contribution in [2.75, 3.05) is 7.11 Å². The minimum Gasteiger partial charge on any atom is -0.381 e. The lowest BCUT2D eigenvalue weighted by Gasteiger charge is -2.53. The topological polar surface area (TPSA) is 29.5 Å². The van der Waals surface area contributed by atoms with Crippen molar-refractivity contribution in [1.82, 2.24) is 4.90 Å². The Bertz CT molecular complexity index is 270. The molecule has 90 valence electrons. The Morgan fingerprint density at radius 2 is 1.75 bits per heavy atom. The second-order valence-electron chi connectivity index (χ2n) is 5.62. The van der Waals surface area contributed by atoms with Crippen LogP contribution in [0.1, 0.15) is 44.9 Å². The summed E-state index contributed by atoms with van der Waals surface area (Å²) in [5.41, 5.74) is 0. The van der Waals surface area contributed by atoms with E-state index in [4.69, 9.17) is 4.74 Å². The number of hydrogen-bond acceptors (Lipinski definition) is 3. The molecule has 3 heteroatoms. The van der Waals surface area contributed by atoms with Gasteiger partial charge in [-0.2, -0.15) is 0 Å². The summed E-state index contributed by atoms with van der Waals surface area (Å²) in [5.74, 6) is 0.494. The molecule has 1 aliphatic carbocycles. The Labute approximate surface area is 97.1 Å². The van der Waals surface area contributed by atoms with Crippen LogP contribution in [0.15, 0.2) is 0 Å². The first kappa shape index (κ1) is 10.7. The van der Waals surface area contributed by atoms with Crippen LogP contribution in [-0.4, -0.2) is 42.0 Å². The Morgan fingerprint density at radius 1 is 1.12 bits per heavy atom. The molecule has 2 atom stereocenters. The van der Waals surface area contributed by atoms with Crippen molar-refractivity contribution in [1.29, 1.82) is 0 Å². The zero-order chi connectivity index (χ0) is 11.1. The molecule has 3 nitrogen and oxygen atoms in total. The van der Waals surface area contributed by atoms with Crippen molar-refractivity contribution in [2.24, 2.45) is 0 Å². The standard InChI is InChI=1S/C13H21NO2/c1-16-13-7-11(8-13)14-9-3-2-4-10(14)6-12(15)5-9/h9-11,13H,2-8H2,1H3. The SMILES string of the molecule is COC1CC(N2C3CCCC2CC(=O)C3)C1. The van der Waals surface area contributed by atoms with Crippen LogP contribution in [0.2, 0.25) is 0 Å². The number of piperidine rings is 2. The highest BCUT2D eigenvalue weighted by molar-refractivity contribution is 5.80. The number of hydrogen-bond donors (Lipinski definition) is 0. The van der Waals surface area contributed by atoms with Crippen molar-refractivity contribution < 1.29 is 9.53 Å². The molecule has 0 aromatic carbocycles. The molecule has 2 saturated heterocycles. The summed E-state index contributed by atoms with van der Waals surface area (Å²) in [4.78, 5) is 14.3. The van der Waals surface area contributed by atoms with Gasteiger partial charge in [0.1, 0.15) is 5.78 Å². The molecule has 0 radical (unpaired) electrons. The summed E-state index contributed by atoms with van der Waals surface area (Å²) in [6, 6.07) is 1.82. The molecular weight excluding hydrogens is 202 g/mol. The highest BCUT2D eigenvalue weighted by atomic mass is 16.5. The molecule has 3 fully saturated rings. The van der Waals surface area contributed by atoms with E-state index in [1.807, 2.05) is 0 Å². The van der Waals surface area contributed by atoms with Gasteiger partial charge in [0.25, 0.3) is 0 Å². The second-order valence-corrected chi connectivity index (χ2v) is 5.62. The largest absolute Gasteiger partial charge is 0.381 e. The van der Waals surface area contributed by atoms with Gasteiger partial charge < -0.3 is 4.74 Å². The van der Waals surface area contributed by atoms with E-state index in [0.29, 0.717) is 30.0 Å². The molecule has 1 saturated carbocycles. The van der Waals surface area contributed by atoms with E-state index in [-0.39, 0.29) is 0 Å². The molecule has 16 heavy (non-hydrogen) atoms. The highest BCUT2D eigenvalue weighted by Gasteiger charge is 2.45. The number of carbonyl (C=O) groups excluding carboxylic acids is 1. The molecule has 2 aliphatic heterocycles. The second kappa shape index (κ2) is 4.11. The number of Topliss-reactive ketones (excluding diaryl/α,β-unsaturated/α-hetero) is 1. The van der Waals surface area contributed by atoms with Gasteiger partial charge in [-0.3, -0.25) is 9.69 Å². The summed E-state index contributed by atoms with van der Waals surface area (Å²) < 4.78 is 5.36. The van der Waals surface area contributed by atoms with Gasteiger partial charge in [-0.1, -0.05) is 6.42 Å². The number of fused-ring (bicyclic) bond motifs is 2. The fourth-order valence-electron chi connectivity index (χ4n) is 3.78. The molecule has 0 spiro atoms. The van der Waals surface area contributed by atoms with Crippen molar-refractivity contribution in [3.8, 4) is 0 Å². The number of ketones is 1. The highest BCUT2D eigenvalue weighted by Crippen LogP contribution is 2.39. The minimum atomic E-state index is 0.475. The first-order valence-corrected chi connectivity index (χ1v) is 6.60. The van der Waals surface area contributed by atoms with E-state index < -0.39 is 0 Å². The number of nitrogens with zero attached hydrogens (tertiary/aromatic N) is 1. The number of methoxy groups -OCH3 is 1. The smallest absolute Gasteiger partial charge is 0.136 e. The monoisotopic (exact) mass is 223 g/mol. The first-order chi connectivity index (χ1) is 7.78. The predicted octanol–water partition coefficient (Wildman–Crippen LogP) is 1.75. The molecule has 0 aromatic heterocycles. The molecule has 2 unspecified atom stereocenters. The van der Waals surface area contributed by atoms with Gasteiger partial charge in [0, 0.05) is 38.1 Å². The fourth-order valence-corrected chi connectivity index (χ4v) is 3.78. The van der Waals surface area contributed by atoms with Crippen LogP contribution >= 0.6 is 0 Å². The normalized spacial score (nSPS) is 44.2. The molecule has 0 N–H and O–H groups in total. The average molecular weight is 223 g/mol. The van der Waals surface area contributed by atoms with E-state index in [1.54, 1.807) is 7.11 Å². The van der Waals surface area contributed by atoms with Gasteiger partial charge in [0.15, 0.2) is 0 Å². The maximum Gasteiger partial charge on any atom is 0.136 e. The van der Waals surface area contributed by atoms with Gasteiger partial charge in [-0.05, 0) is 25.7 Å². The molecule has 3 aliphatic rings. The number of rotatable bonds is 2. The Kier molecular flexibility index (Phi) is 2.76. The average Bonchev–Trinajstić information content (AvgIpc) is 2.17. The lowest BCUT2D eigenvalue weighted by atomic mass is 9.77. The van der Waals surface area contributed by atoms with Gasteiger partial charge in [0.05, 0.1) is 6.10 Å². The minimum absolute atomic E-state index is 0.475. The zero-order valence-corrected chi connectivity index (χ0v) is 10.0. The summed E-state index contributed by atoms with van der Waals surface area (Å²) >= 11 is 0. The summed E-state index contributed by atoms with van der Waals surface area (Å²) in [5, 5.41) is 0. The van der Waals surface area contributed by atoms with Crippen LogP contribution in [0.4, 0.5) is 0 Å². The van der Waals surface area contributed by atoms with Crippen molar-refractivity contribution >= 4 is 5.78 Å². The first-order valence-electron chi connectivity index (χ1n) is 6.60. The third-order valence-electron chi connectivity index (χ3n) is 4.67. The van der Waals surface area contributed by atoms with E-state index in [1.165, 1.54) is 32.1 Å². The lowest BCUT2D eigenvalue weighted by molar-refractivity contribution is -0.134. The van der Waals surface area contributed by atoms with Crippen molar-refractivity contribution in [2.45, 2.75) is 69.2 Å². The Morgan fingerprint density at radius 3 is 2.31 bits per heavy atom. The number of carbonyl (C=O) groups is 1.